The van der Waals surface area contributed by atoms with Crippen molar-refractivity contribution >= 4 is 11.7 Å². The molecule has 2 aromatic carbocycles. The van der Waals surface area contributed by atoms with Crippen LogP contribution in [0.5, 0.6) is 5.75 Å². The first kappa shape index (κ1) is 21.2. The Labute approximate surface area is 173 Å². The Morgan fingerprint density at radius 1 is 1.00 bits per heavy atom. The van der Waals surface area contributed by atoms with Crippen LogP contribution in [0.25, 0.3) is 11.5 Å². The van der Waals surface area contributed by atoms with E-state index in [0.717, 1.165) is 12.0 Å². The van der Waals surface area contributed by atoms with Gasteiger partial charge in [0, 0.05) is 18.1 Å². The number of unbranched alkanes of at least 4 members (excludes halogenated alkanes) is 2. The first-order valence-corrected chi connectivity index (χ1v) is 9.69. The molecule has 0 atom stereocenters. The van der Waals surface area contributed by atoms with E-state index >= 15 is 0 Å². The second-order valence-electron chi connectivity index (χ2n) is 6.59. The van der Waals surface area contributed by atoms with Gasteiger partial charge in [0.1, 0.15) is 11.6 Å². The number of hydrogen-bond acceptors (Lipinski definition) is 6. The fourth-order valence-electron chi connectivity index (χ4n) is 2.70. The molecule has 0 fully saturated rings. The first-order chi connectivity index (χ1) is 14.6. The molecule has 0 unspecified atom stereocenters. The fraction of sp³-hybridized carbons (Fsp3) is 0.273. The number of ether oxygens (including phenoxy) is 1. The van der Waals surface area contributed by atoms with Crippen LogP contribution in [0.1, 0.15) is 31.6 Å². The number of carbonyl (C=O) groups is 2. The highest BCUT2D eigenvalue weighted by molar-refractivity contribution is 6.36. The second kappa shape index (κ2) is 10.8. The summed E-state index contributed by atoms with van der Waals surface area (Å²) in [5, 5.41) is 10.3. The molecule has 8 heteroatoms. The van der Waals surface area contributed by atoms with Crippen molar-refractivity contribution in [3.05, 3.63) is 66.3 Å². The maximum atomic E-state index is 13.0. The lowest BCUT2D eigenvalue weighted by Gasteiger charge is -2.06. The lowest BCUT2D eigenvalue weighted by Crippen LogP contribution is -2.30. The van der Waals surface area contributed by atoms with Gasteiger partial charge in [-0.1, -0.05) is 24.3 Å². The quantitative estimate of drug-likeness (QED) is 0.382. The summed E-state index contributed by atoms with van der Waals surface area (Å²) in [7, 11) is 0. The number of benzene rings is 2. The van der Waals surface area contributed by atoms with Crippen molar-refractivity contribution in [1.29, 1.82) is 0 Å². The molecule has 1 aromatic heterocycles. The molecule has 156 valence electrons. The number of nitrogens with zero attached hydrogens (tertiary/aromatic N) is 2. The molecule has 0 aliphatic carbocycles. The fourth-order valence-corrected chi connectivity index (χ4v) is 2.70. The Bertz CT molecular complexity index is 975. The summed E-state index contributed by atoms with van der Waals surface area (Å²) in [6.07, 6.45) is 2.14. The van der Waals surface area contributed by atoms with Crippen molar-refractivity contribution < 1.29 is 23.1 Å². The summed E-state index contributed by atoms with van der Waals surface area (Å²) in [5.41, 5.74) is 0.778. The van der Waals surface area contributed by atoms with Crippen molar-refractivity contribution in [3.63, 3.8) is 0 Å². The normalized spacial score (nSPS) is 10.6. The van der Waals surface area contributed by atoms with Gasteiger partial charge in [-0.15, -0.1) is 10.2 Å². The SMILES string of the molecule is O=C(CCCCCOc1cccc(F)c1)C(=O)NCc1nnc(-c2ccccc2)o1. The van der Waals surface area contributed by atoms with Crippen LogP contribution >= 0.6 is 0 Å². The monoisotopic (exact) mass is 411 g/mol. The van der Waals surface area contributed by atoms with Crippen molar-refractivity contribution in [2.75, 3.05) is 6.61 Å². The van der Waals surface area contributed by atoms with E-state index in [1.807, 2.05) is 30.3 Å². The number of nitrogens with one attached hydrogen (secondary N) is 1. The van der Waals surface area contributed by atoms with Gasteiger partial charge in [-0.3, -0.25) is 9.59 Å². The van der Waals surface area contributed by atoms with Gasteiger partial charge in [0.05, 0.1) is 13.2 Å². The molecule has 0 saturated carbocycles. The van der Waals surface area contributed by atoms with Gasteiger partial charge >= 0.3 is 0 Å². The largest absolute Gasteiger partial charge is 0.493 e. The average Bonchev–Trinajstić information content (AvgIpc) is 3.24. The van der Waals surface area contributed by atoms with Crippen molar-refractivity contribution in [1.82, 2.24) is 15.5 Å². The molecule has 3 aromatic rings. The Hall–Kier alpha value is -3.55. The van der Waals surface area contributed by atoms with Crippen LogP contribution in [-0.2, 0) is 16.1 Å². The molecule has 7 nitrogen and oxygen atoms in total. The Kier molecular flexibility index (Phi) is 7.65. The van der Waals surface area contributed by atoms with Crippen LogP contribution in [0, 0.1) is 5.82 Å². The van der Waals surface area contributed by atoms with E-state index in [1.54, 1.807) is 12.1 Å². The highest BCUT2D eigenvalue weighted by Crippen LogP contribution is 2.16. The predicted octanol–water partition coefficient (Wildman–Crippen LogP) is 3.70. The summed E-state index contributed by atoms with van der Waals surface area (Å²) in [5.74, 6) is -0.465. The first-order valence-electron chi connectivity index (χ1n) is 9.69. The number of aromatic nitrogens is 2. The zero-order valence-electron chi connectivity index (χ0n) is 16.3. The molecule has 1 heterocycles. The van der Waals surface area contributed by atoms with Crippen molar-refractivity contribution in [2.24, 2.45) is 0 Å². The van der Waals surface area contributed by atoms with Gasteiger partial charge in [0.2, 0.25) is 17.6 Å². The summed E-state index contributed by atoms with van der Waals surface area (Å²) in [6, 6.07) is 15.2. The zero-order valence-corrected chi connectivity index (χ0v) is 16.3. The molecule has 30 heavy (non-hydrogen) atoms. The third kappa shape index (κ3) is 6.51. The Morgan fingerprint density at radius 2 is 1.83 bits per heavy atom. The van der Waals surface area contributed by atoms with Crippen LogP contribution in [0.3, 0.4) is 0 Å². The van der Waals surface area contributed by atoms with E-state index in [2.05, 4.69) is 15.5 Å². The second-order valence-corrected chi connectivity index (χ2v) is 6.59. The standard InChI is InChI=1S/C22H22FN3O4/c23-17-10-7-11-18(14-17)29-13-6-2-5-12-19(27)21(28)24-15-20-25-26-22(30-20)16-8-3-1-4-9-16/h1,3-4,7-11,14H,2,5-6,12-13,15H2,(H,24,28). The molecule has 1 N–H and O–H groups in total. The Balaban J connectivity index is 1.30. The molecular formula is C22H22FN3O4. The van der Waals surface area contributed by atoms with Crippen LogP contribution < -0.4 is 10.1 Å². The average molecular weight is 411 g/mol. The topological polar surface area (TPSA) is 94.3 Å². The maximum absolute atomic E-state index is 13.0. The third-order valence-electron chi connectivity index (χ3n) is 4.25. The molecule has 0 bridgehead atoms. The zero-order chi connectivity index (χ0) is 21.2. The van der Waals surface area contributed by atoms with Crippen LogP contribution in [0.4, 0.5) is 4.39 Å². The number of carbonyl (C=O) groups excluding carboxylic acids is 2. The number of halogens is 1. The number of ketones is 1. The van der Waals surface area contributed by atoms with E-state index in [0.29, 0.717) is 31.1 Å². The smallest absolute Gasteiger partial charge is 0.287 e. The van der Waals surface area contributed by atoms with E-state index in [9.17, 15) is 14.0 Å². The molecule has 0 saturated heterocycles. The number of rotatable bonds is 11. The minimum absolute atomic E-state index is 0.00805. The minimum Gasteiger partial charge on any atom is -0.493 e. The van der Waals surface area contributed by atoms with E-state index in [1.165, 1.54) is 12.1 Å². The maximum Gasteiger partial charge on any atom is 0.287 e. The van der Waals surface area contributed by atoms with Crippen LogP contribution in [0.15, 0.2) is 59.0 Å². The van der Waals surface area contributed by atoms with Gasteiger partial charge in [-0.25, -0.2) is 4.39 Å². The molecule has 0 spiro atoms. The number of amides is 1. The molecule has 0 radical (unpaired) electrons. The van der Waals surface area contributed by atoms with Gasteiger partial charge < -0.3 is 14.5 Å². The van der Waals surface area contributed by atoms with E-state index in [4.69, 9.17) is 9.15 Å². The third-order valence-corrected chi connectivity index (χ3v) is 4.25. The molecular weight excluding hydrogens is 389 g/mol. The summed E-state index contributed by atoms with van der Waals surface area (Å²) >= 11 is 0. The molecule has 0 aliphatic rings. The van der Waals surface area contributed by atoms with Crippen molar-refractivity contribution in [3.8, 4) is 17.2 Å². The van der Waals surface area contributed by atoms with Crippen molar-refractivity contribution in [2.45, 2.75) is 32.2 Å². The summed E-state index contributed by atoms with van der Waals surface area (Å²) in [4.78, 5) is 23.9. The highest BCUT2D eigenvalue weighted by atomic mass is 19.1. The van der Waals surface area contributed by atoms with E-state index in [-0.39, 0.29) is 24.7 Å². The summed E-state index contributed by atoms with van der Waals surface area (Å²) in [6.45, 7) is 0.413. The summed E-state index contributed by atoms with van der Waals surface area (Å²) < 4.78 is 24.0. The van der Waals surface area contributed by atoms with Gasteiger partial charge in [0.15, 0.2) is 0 Å². The predicted molar refractivity (Wildman–Crippen MR) is 107 cm³/mol. The lowest BCUT2D eigenvalue weighted by atomic mass is 10.1. The lowest BCUT2D eigenvalue weighted by molar-refractivity contribution is -0.138. The molecule has 1 amide bonds. The van der Waals surface area contributed by atoms with E-state index < -0.39 is 11.7 Å². The molecule has 0 aliphatic heterocycles. The number of hydrogen-bond donors (Lipinski definition) is 1. The van der Waals surface area contributed by atoms with Crippen LogP contribution in [-0.4, -0.2) is 28.5 Å². The number of Topliss-reactive ketones (excluding diaryl/α,β-unsaturated/α-hetero) is 1. The van der Waals surface area contributed by atoms with Crippen LogP contribution in [0.2, 0.25) is 0 Å². The highest BCUT2D eigenvalue weighted by Gasteiger charge is 2.15. The minimum atomic E-state index is -0.675. The Morgan fingerprint density at radius 3 is 2.63 bits per heavy atom. The van der Waals surface area contributed by atoms with Gasteiger partial charge in [-0.05, 0) is 43.5 Å². The molecule has 3 rings (SSSR count). The van der Waals surface area contributed by atoms with Gasteiger partial charge in [0.25, 0.3) is 5.91 Å². The van der Waals surface area contributed by atoms with Gasteiger partial charge in [-0.2, -0.15) is 0 Å².